The third kappa shape index (κ3) is 1.91. The van der Waals surface area contributed by atoms with Crippen molar-refractivity contribution < 1.29 is 15.3 Å². The van der Waals surface area contributed by atoms with Gasteiger partial charge in [0.2, 0.25) is 0 Å². The molecule has 4 fully saturated rings. The van der Waals surface area contributed by atoms with Gasteiger partial charge in [-0.05, 0) is 85.9 Å². The molecule has 0 amide bonds. The van der Waals surface area contributed by atoms with Gasteiger partial charge in [-0.1, -0.05) is 13.8 Å². The molecule has 3 nitrogen and oxygen atoms in total. The van der Waals surface area contributed by atoms with Crippen LogP contribution >= 0.6 is 0 Å². The van der Waals surface area contributed by atoms with Gasteiger partial charge in [-0.3, -0.25) is 0 Å². The maximum Gasteiger partial charge on any atom is 0.0600 e. The molecule has 4 saturated carbocycles. The van der Waals surface area contributed by atoms with Gasteiger partial charge >= 0.3 is 0 Å². The predicted octanol–water partition coefficient (Wildman–Crippen LogP) is 2.72. The van der Waals surface area contributed by atoms with Gasteiger partial charge in [0.1, 0.15) is 0 Å². The highest BCUT2D eigenvalue weighted by Gasteiger charge is 2.62. The van der Waals surface area contributed by atoms with Crippen molar-refractivity contribution in [2.75, 3.05) is 0 Å². The van der Waals surface area contributed by atoms with Gasteiger partial charge in [-0.15, -0.1) is 0 Å². The van der Waals surface area contributed by atoms with E-state index in [0.29, 0.717) is 17.8 Å². The SMILES string of the molecule is C[C@]12CC[C@H](O)C[C@@H]1CC[C@H]1[C@@H]3[C@@H](O)CC[C@@]3(C)[C@H](O)C[C@@H]12. The maximum absolute atomic E-state index is 10.9. The first kappa shape index (κ1) is 15.4. The van der Waals surface area contributed by atoms with Crippen molar-refractivity contribution >= 4 is 0 Å². The highest BCUT2D eigenvalue weighted by Crippen LogP contribution is 2.66. The zero-order chi connectivity index (χ0) is 15.7. The second-order valence-electron chi connectivity index (χ2n) is 9.37. The minimum absolute atomic E-state index is 0.0715. The highest BCUT2D eigenvalue weighted by atomic mass is 16.3. The van der Waals surface area contributed by atoms with Crippen LogP contribution < -0.4 is 0 Å². The first-order valence-corrected chi connectivity index (χ1v) is 9.40. The molecule has 0 bridgehead atoms. The third-order valence-electron chi connectivity index (χ3n) is 8.57. The van der Waals surface area contributed by atoms with Crippen LogP contribution in [0.2, 0.25) is 0 Å². The van der Waals surface area contributed by atoms with Crippen LogP contribution in [0.3, 0.4) is 0 Å². The molecule has 4 rings (SSSR count). The van der Waals surface area contributed by atoms with E-state index >= 15 is 0 Å². The summed E-state index contributed by atoms with van der Waals surface area (Å²) in [4.78, 5) is 0. The zero-order valence-corrected chi connectivity index (χ0v) is 14.0. The first-order chi connectivity index (χ1) is 10.4. The van der Waals surface area contributed by atoms with E-state index in [1.807, 2.05) is 0 Å². The molecular weight excluding hydrogens is 276 g/mol. The minimum atomic E-state index is -0.265. The molecule has 3 N–H and O–H groups in total. The Balaban J connectivity index is 1.68. The number of hydrogen-bond donors (Lipinski definition) is 3. The molecule has 4 aliphatic carbocycles. The molecule has 0 saturated heterocycles. The standard InChI is InChI=1S/C19H32O3/c1-18-7-5-12(20)9-11(18)3-4-13-14(18)10-16(22)19(2)8-6-15(21)17(13)19/h11-17,20-22H,3-10H2,1-2H3/t11-,12-,13+,14-,15-,16+,17+,18-,19-/m0/s1. The number of rotatable bonds is 0. The van der Waals surface area contributed by atoms with Gasteiger partial charge in [0.15, 0.2) is 0 Å². The monoisotopic (exact) mass is 308 g/mol. The third-order valence-corrected chi connectivity index (χ3v) is 8.57. The molecule has 0 radical (unpaired) electrons. The van der Waals surface area contributed by atoms with E-state index in [1.54, 1.807) is 0 Å². The molecule has 0 unspecified atom stereocenters. The predicted molar refractivity (Wildman–Crippen MR) is 85.1 cm³/mol. The lowest BCUT2D eigenvalue weighted by molar-refractivity contribution is -0.174. The zero-order valence-electron chi connectivity index (χ0n) is 14.0. The summed E-state index contributed by atoms with van der Waals surface area (Å²) in [7, 11) is 0. The molecular formula is C19H32O3. The van der Waals surface area contributed by atoms with Crippen LogP contribution in [0, 0.1) is 34.5 Å². The van der Waals surface area contributed by atoms with Crippen molar-refractivity contribution in [2.24, 2.45) is 34.5 Å². The van der Waals surface area contributed by atoms with E-state index in [9.17, 15) is 15.3 Å². The summed E-state index contributed by atoms with van der Waals surface area (Å²) in [5.41, 5.74) is 0.185. The lowest BCUT2D eigenvalue weighted by atomic mass is 9.44. The summed E-state index contributed by atoms with van der Waals surface area (Å²) in [6.45, 7) is 4.63. The lowest BCUT2D eigenvalue weighted by Gasteiger charge is -2.61. The van der Waals surface area contributed by atoms with Gasteiger partial charge in [-0.25, -0.2) is 0 Å². The van der Waals surface area contributed by atoms with E-state index < -0.39 is 0 Å². The summed E-state index contributed by atoms with van der Waals surface area (Å²) in [5.74, 6) is 1.99. The van der Waals surface area contributed by atoms with E-state index in [1.165, 1.54) is 12.8 Å². The molecule has 126 valence electrons. The van der Waals surface area contributed by atoms with Crippen LogP contribution in [0.15, 0.2) is 0 Å². The molecule has 0 spiro atoms. The summed E-state index contributed by atoms with van der Waals surface area (Å²) in [5, 5.41) is 31.6. The number of hydrogen-bond acceptors (Lipinski definition) is 3. The average Bonchev–Trinajstić information content (AvgIpc) is 2.79. The normalized spacial score (nSPS) is 61.2. The molecule has 0 aliphatic heterocycles. The Hall–Kier alpha value is -0.120. The van der Waals surface area contributed by atoms with Crippen molar-refractivity contribution in [1.82, 2.24) is 0 Å². The Morgan fingerprint density at radius 3 is 2.32 bits per heavy atom. The molecule has 9 atom stereocenters. The fourth-order valence-electron chi connectivity index (χ4n) is 7.21. The molecule has 0 aromatic carbocycles. The van der Waals surface area contributed by atoms with E-state index in [4.69, 9.17) is 0 Å². The van der Waals surface area contributed by atoms with E-state index in [-0.39, 0.29) is 35.1 Å². The van der Waals surface area contributed by atoms with Crippen LogP contribution in [-0.2, 0) is 0 Å². The topological polar surface area (TPSA) is 60.7 Å². The Kier molecular flexibility index (Phi) is 3.46. The molecule has 0 heterocycles. The van der Waals surface area contributed by atoms with Crippen LogP contribution in [0.1, 0.15) is 65.2 Å². The van der Waals surface area contributed by atoms with Gasteiger partial charge in [0.25, 0.3) is 0 Å². The molecule has 0 aromatic heterocycles. The van der Waals surface area contributed by atoms with Crippen molar-refractivity contribution in [3.05, 3.63) is 0 Å². The van der Waals surface area contributed by atoms with Gasteiger partial charge in [-0.2, -0.15) is 0 Å². The second kappa shape index (κ2) is 4.94. The maximum atomic E-state index is 10.9. The van der Waals surface area contributed by atoms with Crippen molar-refractivity contribution in [3.63, 3.8) is 0 Å². The molecule has 3 heteroatoms. The number of fused-ring (bicyclic) bond motifs is 5. The van der Waals surface area contributed by atoms with Crippen molar-refractivity contribution in [3.8, 4) is 0 Å². The van der Waals surface area contributed by atoms with Crippen LogP contribution in [-0.4, -0.2) is 33.6 Å². The largest absolute Gasteiger partial charge is 0.393 e. The summed E-state index contributed by atoms with van der Waals surface area (Å²) in [6, 6.07) is 0. The highest BCUT2D eigenvalue weighted by molar-refractivity contribution is 5.11. The van der Waals surface area contributed by atoms with E-state index in [2.05, 4.69) is 13.8 Å². The van der Waals surface area contributed by atoms with Gasteiger partial charge in [0.05, 0.1) is 18.3 Å². The molecule has 4 aliphatic rings. The second-order valence-corrected chi connectivity index (χ2v) is 9.37. The summed E-state index contributed by atoms with van der Waals surface area (Å²) >= 11 is 0. The minimum Gasteiger partial charge on any atom is -0.393 e. The summed E-state index contributed by atoms with van der Waals surface area (Å²) < 4.78 is 0. The van der Waals surface area contributed by atoms with Crippen molar-refractivity contribution in [2.45, 2.75) is 83.5 Å². The Morgan fingerprint density at radius 2 is 1.55 bits per heavy atom. The quantitative estimate of drug-likeness (QED) is 0.645. The van der Waals surface area contributed by atoms with Gasteiger partial charge in [0, 0.05) is 0 Å². The van der Waals surface area contributed by atoms with Crippen LogP contribution in [0.5, 0.6) is 0 Å². The van der Waals surface area contributed by atoms with Crippen LogP contribution in [0.4, 0.5) is 0 Å². The van der Waals surface area contributed by atoms with E-state index in [0.717, 1.165) is 38.5 Å². The van der Waals surface area contributed by atoms with Crippen molar-refractivity contribution in [1.29, 1.82) is 0 Å². The Bertz CT molecular complexity index is 452. The molecule has 22 heavy (non-hydrogen) atoms. The number of aliphatic hydroxyl groups is 3. The molecule has 0 aromatic rings. The fraction of sp³-hybridized carbons (Fsp3) is 1.00. The number of aliphatic hydroxyl groups excluding tert-OH is 3. The first-order valence-electron chi connectivity index (χ1n) is 9.40. The fourth-order valence-corrected chi connectivity index (χ4v) is 7.21. The Labute approximate surface area is 134 Å². The summed E-state index contributed by atoms with van der Waals surface area (Å²) in [6.07, 6.45) is 7.47. The van der Waals surface area contributed by atoms with Gasteiger partial charge < -0.3 is 15.3 Å². The smallest absolute Gasteiger partial charge is 0.0600 e. The lowest BCUT2D eigenvalue weighted by Crippen LogP contribution is -2.58. The Morgan fingerprint density at radius 1 is 0.818 bits per heavy atom. The average molecular weight is 308 g/mol. The van der Waals surface area contributed by atoms with Crippen LogP contribution in [0.25, 0.3) is 0 Å².